The zero-order chi connectivity index (χ0) is 15.9. The maximum Gasteiger partial charge on any atom is 0.233 e. The number of amides is 2. The number of nitrogens with one attached hydrogen (secondary N) is 2. The van der Waals surface area contributed by atoms with Crippen molar-refractivity contribution in [2.75, 3.05) is 17.7 Å². The second kappa shape index (κ2) is 7.21. The predicted octanol–water partition coefficient (Wildman–Crippen LogP) is 2.80. The molecule has 0 aliphatic carbocycles. The van der Waals surface area contributed by atoms with E-state index in [-0.39, 0.29) is 6.42 Å². The number of carbonyl (C=O) groups is 2. The van der Waals surface area contributed by atoms with Crippen LogP contribution in [-0.2, 0) is 9.59 Å². The van der Waals surface area contributed by atoms with E-state index in [9.17, 15) is 14.0 Å². The molecule has 22 heavy (non-hydrogen) atoms. The van der Waals surface area contributed by atoms with Crippen LogP contribution < -0.4 is 15.4 Å². The lowest BCUT2D eigenvalue weighted by Crippen LogP contribution is -2.21. The minimum Gasteiger partial charge on any atom is -0.497 e. The van der Waals surface area contributed by atoms with Crippen molar-refractivity contribution in [3.8, 4) is 5.75 Å². The van der Waals surface area contributed by atoms with E-state index < -0.39 is 17.6 Å². The van der Waals surface area contributed by atoms with Crippen LogP contribution in [0.15, 0.2) is 48.5 Å². The molecule has 0 heterocycles. The quantitative estimate of drug-likeness (QED) is 0.835. The summed E-state index contributed by atoms with van der Waals surface area (Å²) < 4.78 is 18.0. The topological polar surface area (TPSA) is 67.4 Å². The van der Waals surface area contributed by atoms with Gasteiger partial charge in [0.05, 0.1) is 7.11 Å². The molecule has 2 aromatic carbocycles. The van der Waals surface area contributed by atoms with Gasteiger partial charge >= 0.3 is 0 Å². The highest BCUT2D eigenvalue weighted by molar-refractivity contribution is 6.08. The van der Waals surface area contributed by atoms with E-state index in [1.807, 2.05) is 0 Å². The van der Waals surface area contributed by atoms with Gasteiger partial charge in [-0.2, -0.15) is 0 Å². The molecule has 6 heteroatoms. The minimum absolute atomic E-state index is 0.305. The third-order valence-electron chi connectivity index (χ3n) is 2.78. The Morgan fingerprint density at radius 2 is 1.59 bits per heavy atom. The zero-order valence-electron chi connectivity index (χ0n) is 11.9. The second-order valence-corrected chi connectivity index (χ2v) is 4.52. The standard InChI is InChI=1S/C16H15FN2O3/c1-22-14-7-3-6-13(9-14)19-16(21)10-15(20)18-12-5-2-4-11(17)8-12/h2-9H,10H2,1H3,(H,18,20)(H,19,21). The average Bonchev–Trinajstić information content (AvgIpc) is 2.47. The zero-order valence-corrected chi connectivity index (χ0v) is 11.9. The van der Waals surface area contributed by atoms with Crippen molar-refractivity contribution >= 4 is 23.2 Å². The van der Waals surface area contributed by atoms with Crippen LogP contribution >= 0.6 is 0 Å². The van der Waals surface area contributed by atoms with Gasteiger partial charge in [-0.05, 0) is 30.3 Å². The fraction of sp³-hybridized carbons (Fsp3) is 0.125. The van der Waals surface area contributed by atoms with Crippen LogP contribution in [0.2, 0.25) is 0 Å². The van der Waals surface area contributed by atoms with Crippen LogP contribution in [0.3, 0.4) is 0 Å². The minimum atomic E-state index is -0.522. The Morgan fingerprint density at radius 3 is 2.18 bits per heavy atom. The van der Waals surface area contributed by atoms with Crippen molar-refractivity contribution in [3.63, 3.8) is 0 Å². The molecule has 0 aliphatic rings. The largest absolute Gasteiger partial charge is 0.497 e. The number of hydrogen-bond donors (Lipinski definition) is 2. The summed E-state index contributed by atoms with van der Waals surface area (Å²) in [6.45, 7) is 0. The van der Waals surface area contributed by atoms with Crippen LogP contribution in [0.25, 0.3) is 0 Å². The summed E-state index contributed by atoms with van der Waals surface area (Å²) in [5.41, 5.74) is 0.835. The number of benzene rings is 2. The second-order valence-electron chi connectivity index (χ2n) is 4.52. The lowest BCUT2D eigenvalue weighted by molar-refractivity contribution is -0.123. The molecule has 0 atom stereocenters. The van der Waals surface area contributed by atoms with Crippen molar-refractivity contribution in [3.05, 3.63) is 54.3 Å². The summed E-state index contributed by atoms with van der Waals surface area (Å²) in [7, 11) is 1.52. The van der Waals surface area contributed by atoms with E-state index in [0.717, 1.165) is 0 Å². The van der Waals surface area contributed by atoms with Crippen molar-refractivity contribution in [2.24, 2.45) is 0 Å². The van der Waals surface area contributed by atoms with Crippen molar-refractivity contribution in [1.82, 2.24) is 0 Å². The van der Waals surface area contributed by atoms with E-state index in [4.69, 9.17) is 4.74 Å². The lowest BCUT2D eigenvalue weighted by atomic mass is 10.2. The highest BCUT2D eigenvalue weighted by Crippen LogP contribution is 2.17. The Labute approximate surface area is 127 Å². The van der Waals surface area contributed by atoms with Gasteiger partial charge in [0.25, 0.3) is 0 Å². The van der Waals surface area contributed by atoms with Crippen LogP contribution in [-0.4, -0.2) is 18.9 Å². The maximum atomic E-state index is 13.0. The SMILES string of the molecule is COc1cccc(NC(=O)CC(=O)Nc2cccc(F)c2)c1. The molecule has 0 saturated heterocycles. The fourth-order valence-electron chi connectivity index (χ4n) is 1.82. The molecule has 0 aromatic heterocycles. The number of rotatable bonds is 5. The smallest absolute Gasteiger partial charge is 0.233 e. The van der Waals surface area contributed by atoms with E-state index in [1.54, 1.807) is 30.3 Å². The van der Waals surface area contributed by atoms with Gasteiger partial charge in [-0.15, -0.1) is 0 Å². The van der Waals surface area contributed by atoms with Crippen molar-refractivity contribution in [2.45, 2.75) is 6.42 Å². The molecule has 0 unspecified atom stereocenters. The van der Waals surface area contributed by atoms with Gasteiger partial charge < -0.3 is 15.4 Å². The summed E-state index contributed by atoms with van der Waals surface area (Å²) in [6, 6.07) is 12.3. The van der Waals surface area contributed by atoms with E-state index in [0.29, 0.717) is 17.1 Å². The Hall–Kier alpha value is -2.89. The molecule has 0 bridgehead atoms. The molecule has 0 radical (unpaired) electrons. The maximum absolute atomic E-state index is 13.0. The molecule has 114 valence electrons. The first-order valence-electron chi connectivity index (χ1n) is 6.56. The van der Waals surface area contributed by atoms with Gasteiger partial charge in [0.15, 0.2) is 0 Å². The van der Waals surface area contributed by atoms with Gasteiger partial charge in [0.2, 0.25) is 11.8 Å². The van der Waals surface area contributed by atoms with E-state index >= 15 is 0 Å². The van der Waals surface area contributed by atoms with Gasteiger partial charge in [0.1, 0.15) is 18.0 Å². The van der Waals surface area contributed by atoms with Crippen LogP contribution in [0.1, 0.15) is 6.42 Å². The molecule has 2 aromatic rings. The lowest BCUT2D eigenvalue weighted by Gasteiger charge is -2.08. The van der Waals surface area contributed by atoms with Crippen LogP contribution in [0.5, 0.6) is 5.75 Å². The number of ether oxygens (including phenoxy) is 1. The molecule has 2 N–H and O–H groups in total. The summed E-state index contributed by atoms with van der Waals surface area (Å²) in [6.07, 6.45) is -0.367. The molecule has 0 saturated carbocycles. The number of anilines is 2. The summed E-state index contributed by atoms with van der Waals surface area (Å²) in [5, 5.41) is 5.05. The Kier molecular flexibility index (Phi) is 5.08. The molecule has 5 nitrogen and oxygen atoms in total. The van der Waals surface area contributed by atoms with E-state index in [2.05, 4.69) is 10.6 Å². The van der Waals surface area contributed by atoms with Crippen LogP contribution in [0.4, 0.5) is 15.8 Å². The first-order chi connectivity index (χ1) is 10.6. The Morgan fingerprint density at radius 1 is 1.00 bits per heavy atom. The van der Waals surface area contributed by atoms with Crippen LogP contribution in [0, 0.1) is 5.82 Å². The average molecular weight is 302 g/mol. The Bertz CT molecular complexity index is 689. The number of methoxy groups -OCH3 is 1. The third kappa shape index (κ3) is 4.59. The molecule has 2 rings (SSSR count). The highest BCUT2D eigenvalue weighted by Gasteiger charge is 2.10. The molecule has 0 fully saturated rings. The van der Waals surface area contributed by atoms with Gasteiger partial charge in [0, 0.05) is 17.4 Å². The summed E-state index contributed by atoms with van der Waals surface area (Å²) in [4.78, 5) is 23.5. The first-order valence-corrected chi connectivity index (χ1v) is 6.56. The normalized spacial score (nSPS) is 9.91. The number of halogens is 1. The first kappa shape index (κ1) is 15.5. The summed E-state index contributed by atoms with van der Waals surface area (Å²) in [5.74, 6) is -0.853. The predicted molar refractivity (Wildman–Crippen MR) is 81.3 cm³/mol. The monoisotopic (exact) mass is 302 g/mol. The summed E-state index contributed by atoms with van der Waals surface area (Å²) >= 11 is 0. The highest BCUT2D eigenvalue weighted by atomic mass is 19.1. The molecular weight excluding hydrogens is 287 g/mol. The van der Waals surface area contributed by atoms with Crippen molar-refractivity contribution in [1.29, 1.82) is 0 Å². The fourth-order valence-corrected chi connectivity index (χ4v) is 1.82. The van der Waals surface area contributed by atoms with Gasteiger partial charge in [-0.3, -0.25) is 9.59 Å². The van der Waals surface area contributed by atoms with E-state index in [1.165, 1.54) is 25.3 Å². The molecule has 0 aliphatic heterocycles. The van der Waals surface area contributed by atoms with Gasteiger partial charge in [-0.25, -0.2) is 4.39 Å². The van der Waals surface area contributed by atoms with Gasteiger partial charge in [-0.1, -0.05) is 12.1 Å². The molecule has 2 amide bonds. The molecular formula is C16H15FN2O3. The number of carbonyl (C=O) groups excluding carboxylic acids is 2. The third-order valence-corrected chi connectivity index (χ3v) is 2.78. The van der Waals surface area contributed by atoms with Crippen molar-refractivity contribution < 1.29 is 18.7 Å². The molecule has 0 spiro atoms. The number of hydrogen-bond acceptors (Lipinski definition) is 3. The Balaban J connectivity index is 1.89.